The average Bonchev–Trinajstić information content (AvgIpc) is 3.34. The Morgan fingerprint density at radius 3 is 2.82 bits per heavy atom. The third kappa shape index (κ3) is 6.71. The molecule has 1 aromatic carbocycles. The van der Waals surface area contributed by atoms with Gasteiger partial charge in [0.05, 0.1) is 26.3 Å². The lowest BCUT2D eigenvalue weighted by Gasteiger charge is -2.58. The summed E-state index contributed by atoms with van der Waals surface area (Å²) in [5.41, 5.74) is 3.76. The molecule has 1 unspecified atom stereocenters. The van der Waals surface area contributed by atoms with Crippen LogP contribution in [-0.2, 0) is 27.5 Å². The fraction of sp³-hybridized carbons (Fsp3) is 0.548. The van der Waals surface area contributed by atoms with Gasteiger partial charge in [0.1, 0.15) is 24.3 Å². The number of aldehydes is 1. The van der Waals surface area contributed by atoms with E-state index in [0.717, 1.165) is 34.9 Å². The predicted octanol–water partition coefficient (Wildman–Crippen LogP) is 6.85. The van der Waals surface area contributed by atoms with Crippen molar-refractivity contribution in [3.63, 3.8) is 0 Å². The first-order valence-corrected chi connectivity index (χ1v) is 14.5. The SMILES string of the molecule is C=C1CC[C@H]2C(C)(C)CCC[C@]2(C)C1C/C=C(/C=O)CC(=O)OCc1cn(Cc2cc(OC)ccc2Br)nn1. The zero-order valence-corrected chi connectivity index (χ0v) is 25.1. The van der Waals surface area contributed by atoms with Crippen LogP contribution in [0.3, 0.4) is 0 Å². The highest BCUT2D eigenvalue weighted by molar-refractivity contribution is 9.10. The third-order valence-electron chi connectivity index (χ3n) is 8.99. The van der Waals surface area contributed by atoms with Gasteiger partial charge < -0.3 is 9.47 Å². The molecule has 1 aromatic heterocycles. The highest BCUT2D eigenvalue weighted by Gasteiger charge is 2.52. The molecule has 2 aliphatic carbocycles. The maximum atomic E-state index is 12.6. The standard InChI is InChI=1S/C31H40BrN3O4/c1-21-7-12-28-30(2,3)13-6-14-31(28,4)26(21)10-8-22(19-36)15-29(37)39-20-24-18-35(34-33-24)17-23-16-25(38-5)9-11-27(23)32/h8-9,11,16,18-19,26,28H,1,6-7,10,12-15,17,20H2,2-5H3/b22-8+/t26?,28-,31+/m0/s1. The average molecular weight is 599 g/mol. The second-order valence-electron chi connectivity index (χ2n) is 12.0. The molecule has 0 aliphatic heterocycles. The van der Waals surface area contributed by atoms with Crippen LogP contribution in [0.15, 0.2) is 52.7 Å². The van der Waals surface area contributed by atoms with Crippen molar-refractivity contribution in [2.24, 2.45) is 22.7 Å². The number of aromatic nitrogens is 3. The van der Waals surface area contributed by atoms with Crippen LogP contribution in [0.25, 0.3) is 0 Å². The zero-order valence-electron chi connectivity index (χ0n) is 23.5. The van der Waals surface area contributed by atoms with Crippen LogP contribution in [0.4, 0.5) is 0 Å². The molecule has 2 saturated carbocycles. The molecule has 0 N–H and O–H groups in total. The molecule has 2 aromatic rings. The van der Waals surface area contributed by atoms with E-state index < -0.39 is 5.97 Å². The minimum absolute atomic E-state index is 0.00147. The van der Waals surface area contributed by atoms with Crippen molar-refractivity contribution < 1.29 is 19.1 Å². The molecule has 2 aliphatic rings. The number of carbonyl (C=O) groups excluding carboxylic acids is 2. The van der Waals surface area contributed by atoms with Crippen LogP contribution in [0.5, 0.6) is 5.75 Å². The van der Waals surface area contributed by atoms with Crippen LogP contribution >= 0.6 is 15.9 Å². The van der Waals surface area contributed by atoms with Gasteiger partial charge in [-0.25, -0.2) is 4.68 Å². The lowest BCUT2D eigenvalue weighted by Crippen LogP contribution is -2.49. The summed E-state index contributed by atoms with van der Waals surface area (Å²) in [6.45, 7) is 12.1. The fourth-order valence-corrected chi connectivity index (χ4v) is 7.34. The number of halogens is 1. The van der Waals surface area contributed by atoms with Gasteiger partial charge in [0, 0.05) is 4.47 Å². The number of fused-ring (bicyclic) bond motifs is 1. The maximum Gasteiger partial charge on any atom is 0.310 e. The van der Waals surface area contributed by atoms with E-state index in [1.165, 1.54) is 31.3 Å². The van der Waals surface area contributed by atoms with Gasteiger partial charge in [-0.3, -0.25) is 9.59 Å². The number of methoxy groups -OCH3 is 1. The maximum absolute atomic E-state index is 12.6. The van der Waals surface area contributed by atoms with Crippen molar-refractivity contribution in [2.75, 3.05) is 7.11 Å². The van der Waals surface area contributed by atoms with Gasteiger partial charge in [0.25, 0.3) is 0 Å². The molecule has 7 nitrogen and oxygen atoms in total. The summed E-state index contributed by atoms with van der Waals surface area (Å²) in [4.78, 5) is 24.4. The summed E-state index contributed by atoms with van der Waals surface area (Å²) in [6.07, 6.45) is 11.0. The lowest BCUT2D eigenvalue weighted by molar-refractivity contribution is -0.144. The van der Waals surface area contributed by atoms with Crippen molar-refractivity contribution in [1.29, 1.82) is 0 Å². The molecular weight excluding hydrogens is 558 g/mol. The van der Waals surface area contributed by atoms with E-state index in [-0.39, 0.29) is 18.4 Å². The van der Waals surface area contributed by atoms with Crippen molar-refractivity contribution in [2.45, 2.75) is 78.9 Å². The smallest absolute Gasteiger partial charge is 0.310 e. The number of benzene rings is 1. The number of carbonyl (C=O) groups is 2. The Balaban J connectivity index is 1.33. The van der Waals surface area contributed by atoms with E-state index in [1.807, 2.05) is 24.3 Å². The topological polar surface area (TPSA) is 83.3 Å². The van der Waals surface area contributed by atoms with Crippen molar-refractivity contribution >= 4 is 28.2 Å². The molecule has 2 fully saturated rings. The van der Waals surface area contributed by atoms with Crippen molar-refractivity contribution in [1.82, 2.24) is 15.0 Å². The summed E-state index contributed by atoms with van der Waals surface area (Å²) in [7, 11) is 1.62. The highest BCUT2D eigenvalue weighted by Crippen LogP contribution is 2.61. The largest absolute Gasteiger partial charge is 0.497 e. The van der Waals surface area contributed by atoms with Crippen LogP contribution in [-0.4, -0.2) is 34.4 Å². The minimum Gasteiger partial charge on any atom is -0.497 e. The number of allylic oxidation sites excluding steroid dienone is 2. The van der Waals surface area contributed by atoms with Gasteiger partial charge in [-0.05, 0) is 84.1 Å². The molecule has 210 valence electrons. The first-order chi connectivity index (χ1) is 18.6. The normalized spacial score (nSPS) is 24.6. The molecule has 39 heavy (non-hydrogen) atoms. The summed E-state index contributed by atoms with van der Waals surface area (Å²) in [5.74, 6) is 1.27. The minimum atomic E-state index is -0.455. The molecule has 4 rings (SSSR count). The number of hydrogen-bond acceptors (Lipinski definition) is 6. The van der Waals surface area contributed by atoms with Crippen LogP contribution in [0.2, 0.25) is 0 Å². The fourth-order valence-electron chi connectivity index (χ4n) is 6.97. The highest BCUT2D eigenvalue weighted by atomic mass is 79.9. The summed E-state index contributed by atoms with van der Waals surface area (Å²) in [6, 6.07) is 5.72. The van der Waals surface area contributed by atoms with Gasteiger partial charge in [-0.1, -0.05) is 66.6 Å². The van der Waals surface area contributed by atoms with E-state index in [2.05, 4.69) is 53.6 Å². The van der Waals surface area contributed by atoms with Crippen molar-refractivity contribution in [3.05, 3.63) is 63.9 Å². The van der Waals surface area contributed by atoms with Gasteiger partial charge >= 0.3 is 5.97 Å². The van der Waals surface area contributed by atoms with E-state index in [1.54, 1.807) is 18.0 Å². The number of hydrogen-bond donors (Lipinski definition) is 0. The second-order valence-corrected chi connectivity index (χ2v) is 12.8. The van der Waals surface area contributed by atoms with Gasteiger partial charge in [0.2, 0.25) is 0 Å². The Kier molecular flexibility index (Phi) is 9.14. The Morgan fingerprint density at radius 2 is 2.08 bits per heavy atom. The molecular formula is C31H40BrN3O4. The number of nitrogens with zero attached hydrogens (tertiary/aromatic N) is 3. The number of esters is 1. The first-order valence-electron chi connectivity index (χ1n) is 13.7. The van der Waals surface area contributed by atoms with Crippen LogP contribution in [0, 0.1) is 22.7 Å². The van der Waals surface area contributed by atoms with Gasteiger partial charge in [0.15, 0.2) is 0 Å². The molecule has 8 heteroatoms. The number of rotatable bonds is 10. The van der Waals surface area contributed by atoms with E-state index in [0.29, 0.717) is 35.1 Å². The molecule has 1 heterocycles. The summed E-state index contributed by atoms with van der Waals surface area (Å²) >= 11 is 3.54. The van der Waals surface area contributed by atoms with Crippen LogP contribution in [0.1, 0.15) is 77.0 Å². The van der Waals surface area contributed by atoms with Gasteiger partial charge in [-0.15, -0.1) is 5.10 Å². The molecule has 0 radical (unpaired) electrons. The Labute approximate surface area is 240 Å². The van der Waals surface area contributed by atoms with E-state index >= 15 is 0 Å². The van der Waals surface area contributed by atoms with E-state index in [9.17, 15) is 9.59 Å². The van der Waals surface area contributed by atoms with Crippen molar-refractivity contribution in [3.8, 4) is 5.75 Å². The Bertz CT molecular complexity index is 1250. The molecule has 0 amide bonds. The zero-order chi connectivity index (χ0) is 28.2. The van der Waals surface area contributed by atoms with E-state index in [4.69, 9.17) is 9.47 Å². The third-order valence-corrected chi connectivity index (χ3v) is 9.76. The number of ether oxygens (including phenoxy) is 2. The van der Waals surface area contributed by atoms with Gasteiger partial charge in [-0.2, -0.15) is 0 Å². The predicted molar refractivity (Wildman–Crippen MR) is 154 cm³/mol. The van der Waals surface area contributed by atoms with Crippen LogP contribution < -0.4 is 4.74 Å². The summed E-state index contributed by atoms with van der Waals surface area (Å²) < 4.78 is 13.3. The quantitative estimate of drug-likeness (QED) is 0.129. The Morgan fingerprint density at radius 1 is 1.28 bits per heavy atom. The second kappa shape index (κ2) is 12.2. The lowest BCUT2D eigenvalue weighted by atomic mass is 9.47. The molecule has 0 bridgehead atoms. The first kappa shape index (κ1) is 29.2. The molecule has 3 atom stereocenters. The Hall–Kier alpha value is -2.74. The molecule has 0 spiro atoms. The molecule has 0 saturated heterocycles. The monoisotopic (exact) mass is 597 g/mol. The summed E-state index contributed by atoms with van der Waals surface area (Å²) in [5, 5.41) is 8.25.